The molecular weight excluding hydrogens is 222 g/mol. The maximum absolute atomic E-state index is 5.60. The summed E-state index contributed by atoms with van der Waals surface area (Å²) in [5.74, 6) is 0. The van der Waals surface area contributed by atoms with Gasteiger partial charge in [-0.05, 0) is 32.1 Å². The molecule has 0 fully saturated rings. The van der Waals surface area contributed by atoms with Gasteiger partial charge < -0.3 is 13.6 Å². The van der Waals surface area contributed by atoms with Gasteiger partial charge in [0.2, 0.25) is 0 Å². The Labute approximate surface area is 101 Å². The molecule has 0 aliphatic carbocycles. The van der Waals surface area contributed by atoms with E-state index < -0.39 is 8.56 Å². The third-order valence-electron chi connectivity index (χ3n) is 2.95. The molecule has 0 saturated heterocycles. The normalized spacial score (nSPS) is 12.4. The summed E-state index contributed by atoms with van der Waals surface area (Å²) in [4.78, 5) is 2.25. The van der Waals surface area contributed by atoms with Crippen molar-refractivity contribution in [3.8, 4) is 0 Å². The molecule has 0 atom stereocenters. The van der Waals surface area contributed by atoms with Crippen molar-refractivity contribution in [2.24, 2.45) is 0 Å². The van der Waals surface area contributed by atoms with Crippen LogP contribution in [0, 0.1) is 0 Å². The Bertz CT molecular complexity index is 161. The molecule has 4 nitrogen and oxygen atoms in total. The van der Waals surface area contributed by atoms with Crippen molar-refractivity contribution in [3.05, 3.63) is 0 Å². The van der Waals surface area contributed by atoms with Crippen LogP contribution in [0.5, 0.6) is 0 Å². The minimum absolute atomic E-state index is 0.727. The van der Waals surface area contributed by atoms with Crippen LogP contribution in [0.4, 0.5) is 0 Å². The predicted molar refractivity (Wildman–Crippen MR) is 68.8 cm³/mol. The van der Waals surface area contributed by atoms with Crippen LogP contribution in [0.3, 0.4) is 0 Å². The molecule has 0 unspecified atom stereocenters. The number of nitrogens with zero attached hydrogens (tertiary/aromatic N) is 1. The summed E-state index contributed by atoms with van der Waals surface area (Å²) in [6.45, 7) is 9.96. The molecule has 0 saturated carbocycles. The minimum Gasteiger partial charge on any atom is -0.398 e. The zero-order chi connectivity index (χ0) is 12.4. The molecule has 0 heterocycles. The Balaban J connectivity index is 3.52. The summed E-state index contributed by atoms with van der Waals surface area (Å²) in [5, 5.41) is 0. The highest BCUT2D eigenvalue weighted by Gasteiger charge is 2.27. The first-order valence-electron chi connectivity index (χ1n) is 6.02. The Hall–Kier alpha value is 0.0569. The summed E-state index contributed by atoms with van der Waals surface area (Å²) in [6, 6.07) is 0.984. The van der Waals surface area contributed by atoms with E-state index in [-0.39, 0.29) is 0 Å². The number of ether oxygens (including phenoxy) is 1. The third kappa shape index (κ3) is 6.60. The van der Waals surface area contributed by atoms with Crippen LogP contribution < -0.4 is 0 Å². The van der Waals surface area contributed by atoms with E-state index >= 15 is 0 Å². The Morgan fingerprint density at radius 1 is 1.06 bits per heavy atom. The molecule has 0 aromatic carbocycles. The fourth-order valence-corrected chi connectivity index (χ4v) is 2.74. The molecule has 0 radical (unpaired) electrons. The summed E-state index contributed by atoms with van der Waals surface area (Å²) in [5.41, 5.74) is 0. The molecule has 0 bridgehead atoms. The topological polar surface area (TPSA) is 30.9 Å². The smallest absolute Gasteiger partial charge is 0.334 e. The predicted octanol–water partition coefficient (Wildman–Crippen LogP) is 2.06. The molecule has 0 rings (SSSR count). The monoisotopic (exact) mass is 249 g/mol. The number of hydrogen-bond donors (Lipinski definition) is 0. The van der Waals surface area contributed by atoms with E-state index in [9.17, 15) is 0 Å². The number of rotatable bonds is 10. The van der Waals surface area contributed by atoms with Gasteiger partial charge in [0, 0.05) is 20.8 Å². The van der Waals surface area contributed by atoms with Crippen LogP contribution in [-0.2, 0) is 13.6 Å². The summed E-state index contributed by atoms with van der Waals surface area (Å²) in [6.07, 6.45) is 1.01. The molecule has 0 aliphatic heterocycles. The van der Waals surface area contributed by atoms with Gasteiger partial charge in [0.25, 0.3) is 0 Å². The lowest BCUT2D eigenvalue weighted by molar-refractivity contribution is 0.0338. The van der Waals surface area contributed by atoms with Crippen LogP contribution in [0.15, 0.2) is 0 Å². The van der Waals surface area contributed by atoms with E-state index in [1.54, 1.807) is 14.2 Å². The van der Waals surface area contributed by atoms with Crippen molar-refractivity contribution in [1.82, 2.24) is 4.90 Å². The van der Waals surface area contributed by atoms with E-state index in [1.165, 1.54) is 0 Å². The Morgan fingerprint density at radius 2 is 1.62 bits per heavy atom. The van der Waals surface area contributed by atoms with Crippen molar-refractivity contribution in [3.63, 3.8) is 0 Å². The lowest BCUT2D eigenvalue weighted by Crippen LogP contribution is -2.36. The standard InChI is InChI=1S/C11H27NO3Si/c1-6-12(7-2)11-15-9-8-10-16(5,13-3)14-4/h6-11H2,1-5H3. The largest absolute Gasteiger partial charge is 0.398 e. The van der Waals surface area contributed by atoms with Gasteiger partial charge in [0.1, 0.15) is 0 Å². The fourth-order valence-electron chi connectivity index (χ4n) is 1.38. The average Bonchev–Trinajstić information content (AvgIpc) is 2.33. The third-order valence-corrected chi connectivity index (χ3v) is 5.94. The molecule has 0 aliphatic rings. The second-order valence-corrected chi connectivity index (χ2v) is 7.57. The van der Waals surface area contributed by atoms with Crippen LogP contribution in [-0.4, -0.2) is 54.1 Å². The lowest BCUT2D eigenvalue weighted by Gasteiger charge is -2.23. The lowest BCUT2D eigenvalue weighted by atomic mass is 10.5. The van der Waals surface area contributed by atoms with Gasteiger partial charge in [-0.3, -0.25) is 4.90 Å². The van der Waals surface area contributed by atoms with E-state index in [0.717, 1.165) is 38.9 Å². The maximum atomic E-state index is 5.60. The molecule has 0 amide bonds. The van der Waals surface area contributed by atoms with E-state index in [4.69, 9.17) is 13.6 Å². The van der Waals surface area contributed by atoms with Crippen molar-refractivity contribution < 1.29 is 13.6 Å². The fraction of sp³-hybridized carbons (Fsp3) is 1.00. The zero-order valence-corrected chi connectivity index (χ0v) is 12.4. The second kappa shape index (κ2) is 9.12. The quantitative estimate of drug-likeness (QED) is 0.337. The highest BCUT2D eigenvalue weighted by Crippen LogP contribution is 2.13. The van der Waals surface area contributed by atoms with Crippen molar-refractivity contribution in [2.75, 3.05) is 40.6 Å². The van der Waals surface area contributed by atoms with Crippen molar-refractivity contribution in [2.45, 2.75) is 32.9 Å². The first-order valence-corrected chi connectivity index (χ1v) is 8.54. The van der Waals surface area contributed by atoms with E-state index in [0.29, 0.717) is 0 Å². The van der Waals surface area contributed by atoms with Gasteiger partial charge in [-0.2, -0.15) is 0 Å². The molecule has 0 aromatic rings. The Kier molecular flexibility index (Phi) is 9.16. The summed E-state index contributed by atoms with van der Waals surface area (Å²) >= 11 is 0. The first kappa shape index (κ1) is 16.1. The number of hydrogen-bond acceptors (Lipinski definition) is 4. The summed E-state index contributed by atoms with van der Waals surface area (Å²) < 4.78 is 16.4. The van der Waals surface area contributed by atoms with Crippen LogP contribution in [0.2, 0.25) is 12.6 Å². The summed E-state index contributed by atoms with van der Waals surface area (Å²) in [7, 11) is 1.57. The van der Waals surface area contributed by atoms with E-state index in [2.05, 4.69) is 25.3 Å². The van der Waals surface area contributed by atoms with E-state index in [1.807, 2.05) is 0 Å². The van der Waals surface area contributed by atoms with Crippen LogP contribution >= 0.6 is 0 Å². The molecule has 98 valence electrons. The molecule has 0 spiro atoms. The van der Waals surface area contributed by atoms with Crippen LogP contribution in [0.1, 0.15) is 20.3 Å². The van der Waals surface area contributed by atoms with Gasteiger partial charge >= 0.3 is 8.56 Å². The minimum atomic E-state index is -1.88. The van der Waals surface area contributed by atoms with Crippen molar-refractivity contribution in [1.29, 1.82) is 0 Å². The highest BCUT2D eigenvalue weighted by molar-refractivity contribution is 6.65. The molecule has 16 heavy (non-hydrogen) atoms. The molecule has 0 N–H and O–H groups in total. The zero-order valence-electron chi connectivity index (χ0n) is 11.4. The van der Waals surface area contributed by atoms with Crippen molar-refractivity contribution >= 4 is 8.56 Å². The molecule has 0 aromatic heterocycles. The SMILES string of the molecule is CCN(CC)COCCC[Si](C)(OC)OC. The maximum Gasteiger partial charge on any atom is 0.334 e. The molecular formula is C11H27NO3Si. The van der Waals surface area contributed by atoms with Gasteiger partial charge in [0.15, 0.2) is 0 Å². The van der Waals surface area contributed by atoms with Gasteiger partial charge in [-0.25, -0.2) is 0 Å². The second-order valence-electron chi connectivity index (χ2n) is 3.99. The van der Waals surface area contributed by atoms with Gasteiger partial charge in [-0.1, -0.05) is 13.8 Å². The van der Waals surface area contributed by atoms with Crippen LogP contribution in [0.25, 0.3) is 0 Å². The van der Waals surface area contributed by atoms with Gasteiger partial charge in [0.05, 0.1) is 6.73 Å². The average molecular weight is 249 g/mol. The van der Waals surface area contributed by atoms with Gasteiger partial charge in [-0.15, -0.1) is 0 Å². The first-order chi connectivity index (χ1) is 7.61. The molecule has 5 heteroatoms. The Morgan fingerprint density at radius 3 is 2.06 bits per heavy atom. The highest BCUT2D eigenvalue weighted by atomic mass is 28.4.